The van der Waals surface area contributed by atoms with Gasteiger partial charge in [-0.05, 0) is 42.1 Å². The van der Waals surface area contributed by atoms with Crippen LogP contribution in [0.1, 0.15) is 19.8 Å². The fourth-order valence-corrected chi connectivity index (χ4v) is 1.64. The van der Waals surface area contributed by atoms with Gasteiger partial charge in [0.1, 0.15) is 5.76 Å². The average Bonchev–Trinajstić information content (AvgIpc) is 2.23. The van der Waals surface area contributed by atoms with Crippen molar-refractivity contribution < 1.29 is 14.3 Å². The molecular formula is C11H14Cl2O3. The quantitative estimate of drug-likeness (QED) is 0.307. The Hall–Kier alpha value is -0.800. The van der Waals surface area contributed by atoms with E-state index in [4.69, 9.17) is 27.9 Å². The van der Waals surface area contributed by atoms with E-state index in [1.54, 1.807) is 0 Å². The van der Waals surface area contributed by atoms with Crippen LogP contribution in [0.2, 0.25) is 0 Å². The van der Waals surface area contributed by atoms with Crippen molar-refractivity contribution in [2.75, 3.05) is 7.11 Å². The molecule has 0 aliphatic heterocycles. The van der Waals surface area contributed by atoms with E-state index in [0.717, 1.165) is 0 Å². The number of hydrogen-bond donors (Lipinski definition) is 0. The third-order valence-corrected chi connectivity index (χ3v) is 2.74. The fourth-order valence-electron chi connectivity index (χ4n) is 1.24. The lowest BCUT2D eigenvalue weighted by Crippen LogP contribution is -2.12. The Labute approximate surface area is 105 Å². The summed E-state index contributed by atoms with van der Waals surface area (Å²) in [4.78, 5) is 22.3. The summed E-state index contributed by atoms with van der Waals surface area (Å²) in [5, 5.41) is -1.15. The Kier molecular flexibility index (Phi) is 7.10. The lowest BCUT2D eigenvalue weighted by Gasteiger charge is -2.12. The molecule has 90 valence electrons. The number of hydrogen-bond acceptors (Lipinski definition) is 3. The molecule has 1 atom stereocenters. The second-order valence-electron chi connectivity index (χ2n) is 3.14. The monoisotopic (exact) mass is 264 g/mol. The molecule has 5 heteroatoms. The average molecular weight is 265 g/mol. The van der Waals surface area contributed by atoms with Crippen LogP contribution in [0.25, 0.3) is 0 Å². The third-order valence-electron chi connectivity index (χ3n) is 2.20. The summed E-state index contributed by atoms with van der Waals surface area (Å²) in [5.74, 6) is -0.166. The predicted octanol–water partition coefficient (Wildman–Crippen LogP) is 3.02. The first kappa shape index (κ1) is 15.2. The Morgan fingerprint density at radius 1 is 1.44 bits per heavy atom. The predicted molar refractivity (Wildman–Crippen MR) is 64.4 cm³/mol. The molecular weight excluding hydrogens is 251 g/mol. The van der Waals surface area contributed by atoms with E-state index in [9.17, 15) is 9.59 Å². The molecule has 3 nitrogen and oxygen atoms in total. The molecule has 0 heterocycles. The Bertz CT molecular complexity index is 321. The summed E-state index contributed by atoms with van der Waals surface area (Å²) in [6, 6.07) is 0. The molecule has 0 spiro atoms. The van der Waals surface area contributed by atoms with Gasteiger partial charge in [0, 0.05) is 5.92 Å². The summed E-state index contributed by atoms with van der Waals surface area (Å²) in [5.41, 5.74) is 0.222. The number of ether oxygens (including phenoxy) is 1. The normalized spacial score (nSPS) is 13.8. The standard InChI is InChI=1S/C11H14Cl2O3/c1-4-7(10(12)14)6-8(11(13)15)9(5-2)16-3/h5,7H,2,4,6H2,1,3H3/b9-8-. The van der Waals surface area contributed by atoms with E-state index < -0.39 is 16.4 Å². The van der Waals surface area contributed by atoms with Gasteiger partial charge in [-0.1, -0.05) is 13.5 Å². The number of allylic oxidation sites excluding steroid dienone is 2. The maximum Gasteiger partial charge on any atom is 0.252 e. The van der Waals surface area contributed by atoms with Gasteiger partial charge >= 0.3 is 0 Å². The van der Waals surface area contributed by atoms with E-state index in [1.807, 2.05) is 6.92 Å². The van der Waals surface area contributed by atoms with Crippen LogP contribution in [0.15, 0.2) is 24.0 Å². The van der Waals surface area contributed by atoms with Crippen LogP contribution in [-0.2, 0) is 14.3 Å². The van der Waals surface area contributed by atoms with E-state index in [2.05, 4.69) is 6.58 Å². The van der Waals surface area contributed by atoms with Crippen LogP contribution in [0.3, 0.4) is 0 Å². The summed E-state index contributed by atoms with van der Waals surface area (Å²) < 4.78 is 4.95. The minimum Gasteiger partial charge on any atom is -0.496 e. The van der Waals surface area contributed by atoms with Crippen molar-refractivity contribution in [1.29, 1.82) is 0 Å². The minimum atomic E-state index is -0.659. The minimum absolute atomic E-state index is 0.163. The van der Waals surface area contributed by atoms with Gasteiger partial charge in [-0.2, -0.15) is 0 Å². The molecule has 0 bridgehead atoms. The molecule has 0 aromatic carbocycles. The van der Waals surface area contributed by atoms with Crippen molar-refractivity contribution in [3.8, 4) is 0 Å². The highest BCUT2D eigenvalue weighted by molar-refractivity contribution is 6.68. The fraction of sp³-hybridized carbons (Fsp3) is 0.455. The van der Waals surface area contributed by atoms with Crippen molar-refractivity contribution in [2.45, 2.75) is 19.8 Å². The topological polar surface area (TPSA) is 43.4 Å². The van der Waals surface area contributed by atoms with Gasteiger partial charge in [-0.3, -0.25) is 9.59 Å². The Balaban J connectivity index is 5.09. The van der Waals surface area contributed by atoms with Gasteiger partial charge in [-0.15, -0.1) is 0 Å². The first-order chi connectivity index (χ1) is 7.47. The van der Waals surface area contributed by atoms with Crippen molar-refractivity contribution in [3.05, 3.63) is 24.0 Å². The molecule has 0 aliphatic rings. The van der Waals surface area contributed by atoms with Gasteiger partial charge in [0.15, 0.2) is 0 Å². The number of halogens is 2. The molecule has 0 fully saturated rings. The van der Waals surface area contributed by atoms with Crippen molar-refractivity contribution >= 4 is 33.7 Å². The van der Waals surface area contributed by atoms with E-state index in [1.165, 1.54) is 13.2 Å². The second kappa shape index (κ2) is 7.47. The number of methoxy groups -OCH3 is 1. The highest BCUT2D eigenvalue weighted by Crippen LogP contribution is 2.23. The van der Waals surface area contributed by atoms with Crippen LogP contribution >= 0.6 is 23.2 Å². The zero-order chi connectivity index (χ0) is 12.7. The lowest BCUT2D eigenvalue weighted by molar-refractivity contribution is -0.115. The van der Waals surface area contributed by atoms with Crippen molar-refractivity contribution in [3.63, 3.8) is 0 Å². The zero-order valence-electron chi connectivity index (χ0n) is 9.26. The third kappa shape index (κ3) is 4.37. The molecule has 0 radical (unpaired) electrons. The smallest absolute Gasteiger partial charge is 0.252 e. The van der Waals surface area contributed by atoms with Crippen LogP contribution in [0, 0.1) is 5.92 Å². The van der Waals surface area contributed by atoms with Crippen molar-refractivity contribution in [1.82, 2.24) is 0 Å². The molecule has 0 N–H and O–H groups in total. The second-order valence-corrected chi connectivity index (χ2v) is 3.85. The SMILES string of the molecule is C=C/C(OC)=C(\CC(CC)C(=O)Cl)C(=O)Cl. The lowest BCUT2D eigenvalue weighted by atomic mass is 9.98. The van der Waals surface area contributed by atoms with E-state index >= 15 is 0 Å². The summed E-state index contributed by atoms with van der Waals surface area (Å²) >= 11 is 10.8. The molecule has 0 aromatic heterocycles. The summed E-state index contributed by atoms with van der Waals surface area (Å²) in [6.45, 7) is 5.31. The van der Waals surface area contributed by atoms with E-state index in [-0.39, 0.29) is 17.8 Å². The van der Waals surface area contributed by atoms with Gasteiger partial charge in [-0.25, -0.2) is 0 Å². The Morgan fingerprint density at radius 3 is 2.25 bits per heavy atom. The zero-order valence-corrected chi connectivity index (χ0v) is 10.8. The maximum absolute atomic E-state index is 11.2. The molecule has 0 aliphatic carbocycles. The first-order valence-electron chi connectivity index (χ1n) is 4.76. The molecule has 1 unspecified atom stereocenters. The first-order valence-corrected chi connectivity index (χ1v) is 5.52. The summed E-state index contributed by atoms with van der Waals surface area (Å²) in [6.07, 6.45) is 2.07. The molecule has 0 saturated carbocycles. The summed E-state index contributed by atoms with van der Waals surface area (Å²) in [7, 11) is 1.40. The van der Waals surface area contributed by atoms with Gasteiger partial charge in [0.05, 0.1) is 12.7 Å². The largest absolute Gasteiger partial charge is 0.496 e. The maximum atomic E-state index is 11.2. The number of carbonyl (C=O) groups is 2. The van der Waals surface area contributed by atoms with Crippen LogP contribution in [0.5, 0.6) is 0 Å². The highest BCUT2D eigenvalue weighted by Gasteiger charge is 2.21. The van der Waals surface area contributed by atoms with Crippen LogP contribution in [-0.4, -0.2) is 17.6 Å². The molecule has 0 amide bonds. The van der Waals surface area contributed by atoms with Crippen LogP contribution < -0.4 is 0 Å². The van der Waals surface area contributed by atoms with Crippen LogP contribution in [0.4, 0.5) is 0 Å². The van der Waals surface area contributed by atoms with Gasteiger partial charge < -0.3 is 4.74 Å². The molecule has 16 heavy (non-hydrogen) atoms. The Morgan fingerprint density at radius 2 is 2.00 bits per heavy atom. The van der Waals surface area contributed by atoms with Gasteiger partial charge in [0.25, 0.3) is 5.24 Å². The molecule has 0 rings (SSSR count). The highest BCUT2D eigenvalue weighted by atomic mass is 35.5. The molecule has 0 aromatic rings. The number of carbonyl (C=O) groups excluding carboxylic acids is 2. The van der Waals surface area contributed by atoms with Crippen molar-refractivity contribution in [2.24, 2.45) is 5.92 Å². The van der Waals surface area contributed by atoms with E-state index in [0.29, 0.717) is 6.42 Å². The molecule has 0 saturated heterocycles. The number of rotatable bonds is 7. The van der Waals surface area contributed by atoms with Gasteiger partial charge in [0.2, 0.25) is 5.24 Å².